The third kappa shape index (κ3) is 5.35. The van der Waals surface area contributed by atoms with Gasteiger partial charge in [0.25, 0.3) is 0 Å². The molecule has 3 N–H and O–H groups in total. The fourth-order valence-electron chi connectivity index (χ4n) is 1.53. The number of carbonyl (C=O) groups is 1. The Morgan fingerprint density at radius 1 is 1.67 bits per heavy atom. The zero-order valence-electron chi connectivity index (χ0n) is 9.41. The molecule has 0 aromatic rings. The number of amides is 1. The van der Waals surface area contributed by atoms with E-state index in [4.69, 9.17) is 10.5 Å². The maximum absolute atomic E-state index is 11.3. The van der Waals surface area contributed by atoms with Gasteiger partial charge in [-0.05, 0) is 13.3 Å². The van der Waals surface area contributed by atoms with Crippen LogP contribution in [-0.4, -0.2) is 31.7 Å². The summed E-state index contributed by atoms with van der Waals surface area (Å²) in [5, 5.41) is 2.90. The summed E-state index contributed by atoms with van der Waals surface area (Å²) in [5.74, 6) is 0.0353. The molecule has 1 amide bonds. The van der Waals surface area contributed by atoms with Crippen LogP contribution in [-0.2, 0) is 9.53 Å². The largest absolute Gasteiger partial charge is 0.381 e. The normalized spacial score (nSPS) is 26.9. The van der Waals surface area contributed by atoms with Crippen LogP contribution in [0, 0.1) is 5.41 Å². The molecule has 0 radical (unpaired) electrons. The van der Waals surface area contributed by atoms with Gasteiger partial charge in [0.1, 0.15) is 0 Å². The predicted octanol–water partition coefficient (Wildman–Crippen LogP) is 0.688. The lowest BCUT2D eigenvalue weighted by atomic mass is 9.90. The second-order valence-corrected chi connectivity index (χ2v) is 4.57. The SMILES string of the molecule is CC(N)CC(=O)NCC1(C)CCOC1.Cl. The molecular formula is C10H21ClN2O2. The van der Waals surface area contributed by atoms with Crippen molar-refractivity contribution >= 4 is 18.3 Å². The summed E-state index contributed by atoms with van der Waals surface area (Å²) < 4.78 is 5.30. The first kappa shape index (κ1) is 14.7. The minimum absolute atomic E-state index is 0. The smallest absolute Gasteiger partial charge is 0.221 e. The summed E-state index contributed by atoms with van der Waals surface area (Å²) in [6.07, 6.45) is 1.42. The maximum Gasteiger partial charge on any atom is 0.221 e. The topological polar surface area (TPSA) is 64.4 Å². The first-order valence-corrected chi connectivity index (χ1v) is 5.12. The van der Waals surface area contributed by atoms with Gasteiger partial charge in [0, 0.05) is 31.0 Å². The van der Waals surface area contributed by atoms with E-state index in [0.717, 1.165) is 19.6 Å². The minimum Gasteiger partial charge on any atom is -0.381 e. The van der Waals surface area contributed by atoms with Crippen LogP contribution in [0.1, 0.15) is 26.7 Å². The fraction of sp³-hybridized carbons (Fsp3) is 0.900. The van der Waals surface area contributed by atoms with Crippen molar-refractivity contribution in [1.29, 1.82) is 0 Å². The van der Waals surface area contributed by atoms with Gasteiger partial charge in [0.2, 0.25) is 5.91 Å². The summed E-state index contributed by atoms with van der Waals surface area (Å²) >= 11 is 0. The van der Waals surface area contributed by atoms with E-state index in [1.165, 1.54) is 0 Å². The molecule has 5 heteroatoms. The summed E-state index contributed by atoms with van der Waals surface area (Å²) in [6.45, 7) is 6.20. The van der Waals surface area contributed by atoms with Crippen LogP contribution >= 0.6 is 12.4 Å². The minimum atomic E-state index is -0.0670. The van der Waals surface area contributed by atoms with Gasteiger partial charge >= 0.3 is 0 Å². The van der Waals surface area contributed by atoms with Gasteiger partial charge in [-0.15, -0.1) is 12.4 Å². The second-order valence-electron chi connectivity index (χ2n) is 4.57. The molecular weight excluding hydrogens is 216 g/mol. The zero-order chi connectivity index (χ0) is 10.6. The van der Waals surface area contributed by atoms with Crippen molar-refractivity contribution in [3.05, 3.63) is 0 Å². The highest BCUT2D eigenvalue weighted by atomic mass is 35.5. The summed E-state index contributed by atoms with van der Waals surface area (Å²) in [4.78, 5) is 11.3. The first-order chi connectivity index (χ1) is 6.52. The molecule has 0 aromatic carbocycles. The van der Waals surface area contributed by atoms with Crippen molar-refractivity contribution < 1.29 is 9.53 Å². The molecule has 1 saturated heterocycles. The molecule has 1 aliphatic heterocycles. The molecule has 4 nitrogen and oxygen atoms in total. The van der Waals surface area contributed by atoms with Gasteiger partial charge in [0.15, 0.2) is 0 Å². The van der Waals surface area contributed by atoms with Crippen LogP contribution in [0.3, 0.4) is 0 Å². The number of nitrogens with two attached hydrogens (primary N) is 1. The lowest BCUT2D eigenvalue weighted by Gasteiger charge is -2.22. The van der Waals surface area contributed by atoms with Gasteiger partial charge in [-0.3, -0.25) is 4.79 Å². The van der Waals surface area contributed by atoms with Crippen molar-refractivity contribution in [2.24, 2.45) is 11.1 Å². The maximum atomic E-state index is 11.3. The molecule has 0 spiro atoms. The highest BCUT2D eigenvalue weighted by Crippen LogP contribution is 2.26. The van der Waals surface area contributed by atoms with Crippen LogP contribution < -0.4 is 11.1 Å². The molecule has 90 valence electrons. The highest BCUT2D eigenvalue weighted by molar-refractivity contribution is 5.85. The van der Waals surface area contributed by atoms with Crippen molar-refractivity contribution in [3.63, 3.8) is 0 Å². The average molecular weight is 237 g/mol. The monoisotopic (exact) mass is 236 g/mol. The summed E-state index contributed by atoms with van der Waals surface area (Å²) in [6, 6.07) is -0.0670. The van der Waals surface area contributed by atoms with Gasteiger partial charge < -0.3 is 15.8 Å². The summed E-state index contributed by atoms with van der Waals surface area (Å²) in [5.41, 5.74) is 5.64. The van der Waals surface area contributed by atoms with Crippen molar-refractivity contribution in [2.75, 3.05) is 19.8 Å². The van der Waals surface area contributed by atoms with E-state index in [9.17, 15) is 4.79 Å². The van der Waals surface area contributed by atoms with E-state index in [2.05, 4.69) is 12.2 Å². The first-order valence-electron chi connectivity index (χ1n) is 5.12. The third-order valence-corrected chi connectivity index (χ3v) is 2.52. The highest BCUT2D eigenvalue weighted by Gasteiger charge is 2.29. The average Bonchev–Trinajstić information content (AvgIpc) is 2.49. The third-order valence-electron chi connectivity index (χ3n) is 2.52. The Labute approximate surface area is 97.3 Å². The Bertz CT molecular complexity index is 204. The molecule has 1 fully saturated rings. The fourth-order valence-corrected chi connectivity index (χ4v) is 1.53. The van der Waals surface area contributed by atoms with Crippen LogP contribution in [0.2, 0.25) is 0 Å². The molecule has 2 atom stereocenters. The molecule has 1 aliphatic rings. The number of hydrogen-bond acceptors (Lipinski definition) is 3. The quantitative estimate of drug-likeness (QED) is 0.755. The number of ether oxygens (including phenoxy) is 1. The number of halogens is 1. The Balaban J connectivity index is 0.00000196. The van der Waals surface area contributed by atoms with Gasteiger partial charge in [-0.2, -0.15) is 0 Å². The van der Waals surface area contributed by atoms with Crippen molar-refractivity contribution in [3.8, 4) is 0 Å². The van der Waals surface area contributed by atoms with Crippen LogP contribution in [0.15, 0.2) is 0 Å². The van der Waals surface area contributed by atoms with Crippen LogP contribution in [0.4, 0.5) is 0 Å². The van der Waals surface area contributed by atoms with Gasteiger partial charge in [-0.25, -0.2) is 0 Å². The van der Waals surface area contributed by atoms with E-state index < -0.39 is 0 Å². The Morgan fingerprint density at radius 2 is 2.33 bits per heavy atom. The lowest BCUT2D eigenvalue weighted by Crippen LogP contribution is -2.38. The molecule has 0 saturated carbocycles. The predicted molar refractivity (Wildman–Crippen MR) is 62.1 cm³/mol. The standard InChI is InChI=1S/C10H20N2O2.ClH/c1-8(11)5-9(13)12-6-10(2)3-4-14-7-10;/h8H,3-7,11H2,1-2H3,(H,12,13);1H. The Kier molecular flexibility index (Phi) is 6.17. The van der Waals surface area contributed by atoms with Crippen LogP contribution in [0.25, 0.3) is 0 Å². The summed E-state index contributed by atoms with van der Waals surface area (Å²) in [7, 11) is 0. The van der Waals surface area contributed by atoms with E-state index >= 15 is 0 Å². The van der Waals surface area contributed by atoms with E-state index in [1.54, 1.807) is 0 Å². The lowest BCUT2D eigenvalue weighted by molar-refractivity contribution is -0.121. The zero-order valence-corrected chi connectivity index (χ0v) is 10.2. The number of carbonyl (C=O) groups excluding carboxylic acids is 1. The van der Waals surface area contributed by atoms with Gasteiger partial charge in [-0.1, -0.05) is 6.92 Å². The molecule has 15 heavy (non-hydrogen) atoms. The number of nitrogens with one attached hydrogen (secondary N) is 1. The molecule has 0 aromatic heterocycles. The Hall–Kier alpha value is -0.320. The van der Waals surface area contributed by atoms with E-state index in [1.807, 2.05) is 6.92 Å². The van der Waals surface area contributed by atoms with Crippen LogP contribution in [0.5, 0.6) is 0 Å². The molecule has 0 aliphatic carbocycles. The van der Waals surface area contributed by atoms with Crippen molar-refractivity contribution in [1.82, 2.24) is 5.32 Å². The second kappa shape index (κ2) is 6.30. The molecule has 1 heterocycles. The van der Waals surface area contributed by atoms with Gasteiger partial charge in [0.05, 0.1) is 6.61 Å². The van der Waals surface area contributed by atoms with E-state index in [0.29, 0.717) is 13.0 Å². The van der Waals surface area contributed by atoms with E-state index in [-0.39, 0.29) is 29.8 Å². The molecule has 2 unspecified atom stereocenters. The molecule has 0 bridgehead atoms. The molecule has 1 rings (SSSR count). The Morgan fingerprint density at radius 3 is 2.80 bits per heavy atom. The number of rotatable bonds is 4. The number of hydrogen-bond donors (Lipinski definition) is 2. The van der Waals surface area contributed by atoms with Crippen molar-refractivity contribution in [2.45, 2.75) is 32.7 Å².